The average molecular weight is 298 g/mol. The Balaban J connectivity index is 2.70. The van der Waals surface area contributed by atoms with E-state index in [4.69, 9.17) is 4.74 Å². The van der Waals surface area contributed by atoms with Crippen LogP contribution in [-0.4, -0.2) is 58.9 Å². The van der Waals surface area contributed by atoms with Gasteiger partial charge in [-0.15, -0.1) is 0 Å². The van der Waals surface area contributed by atoms with E-state index in [0.717, 1.165) is 6.42 Å². The molecule has 0 bridgehead atoms. The zero-order chi connectivity index (χ0) is 16.2. The molecular weight excluding hydrogens is 272 g/mol. The third-order valence-corrected chi connectivity index (χ3v) is 3.39. The number of carbonyl (C=O) groups excluding carboxylic acids is 3. The zero-order valence-electron chi connectivity index (χ0n) is 13.6. The van der Waals surface area contributed by atoms with Gasteiger partial charge in [0, 0.05) is 12.6 Å². The molecule has 0 spiro atoms. The summed E-state index contributed by atoms with van der Waals surface area (Å²) in [6.07, 6.45) is 1.62. The number of rotatable bonds is 5. The quantitative estimate of drug-likeness (QED) is 0.726. The molecule has 1 rings (SSSR count). The molecule has 21 heavy (non-hydrogen) atoms. The van der Waals surface area contributed by atoms with Crippen molar-refractivity contribution in [2.75, 3.05) is 13.1 Å². The first-order valence-corrected chi connectivity index (χ1v) is 7.39. The van der Waals surface area contributed by atoms with Crippen molar-refractivity contribution in [1.82, 2.24) is 9.80 Å². The fourth-order valence-electron chi connectivity index (χ4n) is 2.27. The van der Waals surface area contributed by atoms with Gasteiger partial charge in [-0.25, -0.2) is 4.79 Å². The third-order valence-electron chi connectivity index (χ3n) is 3.39. The number of nitrogens with zero attached hydrogens (tertiary/aromatic N) is 2. The Kier molecular flexibility index (Phi) is 5.75. The Morgan fingerprint density at radius 1 is 1.38 bits per heavy atom. The Labute approximate surface area is 126 Å². The highest BCUT2D eigenvalue weighted by molar-refractivity contribution is 5.90. The maximum absolute atomic E-state index is 12.3. The summed E-state index contributed by atoms with van der Waals surface area (Å²) >= 11 is 0. The van der Waals surface area contributed by atoms with E-state index in [1.807, 2.05) is 13.8 Å². The minimum atomic E-state index is -0.583. The molecule has 0 aromatic rings. The minimum Gasteiger partial charge on any atom is -0.444 e. The second kappa shape index (κ2) is 6.91. The smallest absolute Gasteiger partial charge is 0.410 e. The van der Waals surface area contributed by atoms with Crippen molar-refractivity contribution in [2.45, 2.75) is 65.1 Å². The van der Waals surface area contributed by atoms with Crippen molar-refractivity contribution in [2.24, 2.45) is 0 Å². The van der Waals surface area contributed by atoms with Crippen LogP contribution in [0, 0.1) is 0 Å². The normalized spacial score (nSPS) is 18.8. The summed E-state index contributed by atoms with van der Waals surface area (Å²) in [6.45, 7) is 9.64. The van der Waals surface area contributed by atoms with E-state index in [1.54, 1.807) is 20.8 Å². The topological polar surface area (TPSA) is 66.9 Å². The Morgan fingerprint density at radius 3 is 2.48 bits per heavy atom. The molecule has 0 saturated carbocycles. The first kappa shape index (κ1) is 17.5. The molecular formula is C15H26N2O4. The highest BCUT2D eigenvalue weighted by Crippen LogP contribution is 2.21. The molecule has 0 aromatic heterocycles. The molecule has 0 aromatic carbocycles. The number of carbonyl (C=O) groups is 3. The molecule has 6 nitrogen and oxygen atoms in total. The lowest BCUT2D eigenvalue weighted by Crippen LogP contribution is -2.47. The molecule has 120 valence electrons. The Bertz CT molecular complexity index is 401. The number of hydrogen-bond acceptors (Lipinski definition) is 4. The summed E-state index contributed by atoms with van der Waals surface area (Å²) in [6, 6.07) is -0.524. The number of ketones is 1. The van der Waals surface area contributed by atoms with Crippen molar-refractivity contribution in [3.05, 3.63) is 0 Å². The Hall–Kier alpha value is -1.59. The predicted octanol–water partition coefficient (Wildman–Crippen LogP) is 1.82. The third kappa shape index (κ3) is 5.02. The number of likely N-dealkylation sites (tertiary alicyclic amines) is 1. The lowest BCUT2D eigenvalue weighted by atomic mass is 10.1. The van der Waals surface area contributed by atoms with Crippen molar-refractivity contribution < 1.29 is 19.1 Å². The zero-order valence-corrected chi connectivity index (χ0v) is 13.6. The van der Waals surface area contributed by atoms with Gasteiger partial charge in [-0.3, -0.25) is 14.5 Å². The molecule has 0 unspecified atom stereocenters. The fourth-order valence-corrected chi connectivity index (χ4v) is 2.27. The number of hydrogen-bond donors (Lipinski definition) is 0. The maximum atomic E-state index is 12.3. The standard InChI is InChI=1S/C15H26N2O4/c1-11(2)16(10-18)9-13(19)12-7-6-8-17(12)14(20)21-15(3,4)5/h10-12H,6-9H2,1-5H3/t12-/m0/s1. The average Bonchev–Trinajstić information content (AvgIpc) is 2.82. The summed E-state index contributed by atoms with van der Waals surface area (Å²) in [5, 5.41) is 0. The number of Topliss-reactive ketones (excluding diaryl/α,β-unsaturated/α-hetero) is 1. The van der Waals surface area contributed by atoms with Crippen molar-refractivity contribution >= 4 is 18.3 Å². The van der Waals surface area contributed by atoms with Gasteiger partial charge in [-0.2, -0.15) is 0 Å². The van der Waals surface area contributed by atoms with Crippen LogP contribution in [0.3, 0.4) is 0 Å². The van der Waals surface area contributed by atoms with Crippen molar-refractivity contribution in [1.29, 1.82) is 0 Å². The van der Waals surface area contributed by atoms with E-state index in [0.29, 0.717) is 19.4 Å². The Morgan fingerprint density at radius 2 is 2.00 bits per heavy atom. The first-order chi connectivity index (χ1) is 9.65. The summed E-state index contributed by atoms with van der Waals surface area (Å²) in [5.41, 5.74) is -0.583. The van der Waals surface area contributed by atoms with Gasteiger partial charge in [-0.05, 0) is 47.5 Å². The highest BCUT2D eigenvalue weighted by Gasteiger charge is 2.36. The van der Waals surface area contributed by atoms with Gasteiger partial charge < -0.3 is 9.64 Å². The predicted molar refractivity (Wildman–Crippen MR) is 78.9 cm³/mol. The molecule has 0 aliphatic carbocycles. The minimum absolute atomic E-state index is 0.0329. The molecule has 1 fully saturated rings. The van der Waals surface area contributed by atoms with E-state index in [9.17, 15) is 14.4 Å². The second-order valence-corrected chi connectivity index (χ2v) is 6.67. The van der Waals surface area contributed by atoms with E-state index in [1.165, 1.54) is 9.80 Å². The number of ether oxygens (including phenoxy) is 1. The molecule has 1 saturated heterocycles. The molecule has 6 heteroatoms. The van der Waals surface area contributed by atoms with E-state index < -0.39 is 17.7 Å². The first-order valence-electron chi connectivity index (χ1n) is 7.39. The molecule has 1 aliphatic heterocycles. The maximum Gasteiger partial charge on any atom is 0.410 e. The highest BCUT2D eigenvalue weighted by atomic mass is 16.6. The van der Waals surface area contributed by atoms with Gasteiger partial charge >= 0.3 is 6.09 Å². The summed E-state index contributed by atoms with van der Waals surface area (Å²) in [7, 11) is 0. The van der Waals surface area contributed by atoms with Crippen LogP contribution in [-0.2, 0) is 14.3 Å². The monoisotopic (exact) mass is 298 g/mol. The van der Waals surface area contributed by atoms with Crippen LogP contribution in [0.15, 0.2) is 0 Å². The molecule has 1 heterocycles. The van der Waals surface area contributed by atoms with Crippen LogP contribution >= 0.6 is 0 Å². The molecule has 2 amide bonds. The van der Waals surface area contributed by atoms with Crippen LogP contribution in [0.25, 0.3) is 0 Å². The fraction of sp³-hybridized carbons (Fsp3) is 0.800. The van der Waals surface area contributed by atoms with Crippen LogP contribution in [0.5, 0.6) is 0 Å². The van der Waals surface area contributed by atoms with Gasteiger partial charge in [-0.1, -0.05) is 0 Å². The second-order valence-electron chi connectivity index (χ2n) is 6.67. The van der Waals surface area contributed by atoms with Gasteiger partial charge in [0.15, 0.2) is 5.78 Å². The van der Waals surface area contributed by atoms with Crippen molar-refractivity contribution in [3.63, 3.8) is 0 Å². The molecule has 0 radical (unpaired) electrons. The SMILES string of the molecule is CC(C)N(C=O)CC(=O)[C@@H]1CCCN1C(=O)OC(C)(C)C. The van der Waals surface area contributed by atoms with E-state index >= 15 is 0 Å². The summed E-state index contributed by atoms with van der Waals surface area (Å²) < 4.78 is 5.33. The summed E-state index contributed by atoms with van der Waals surface area (Å²) in [5.74, 6) is -0.112. The number of amides is 2. The van der Waals surface area contributed by atoms with Gasteiger partial charge in [0.25, 0.3) is 0 Å². The van der Waals surface area contributed by atoms with Crippen LogP contribution < -0.4 is 0 Å². The van der Waals surface area contributed by atoms with Crippen LogP contribution in [0.1, 0.15) is 47.5 Å². The van der Waals surface area contributed by atoms with Gasteiger partial charge in [0.2, 0.25) is 6.41 Å². The molecule has 0 N–H and O–H groups in total. The molecule has 1 aliphatic rings. The van der Waals surface area contributed by atoms with E-state index in [-0.39, 0.29) is 18.4 Å². The van der Waals surface area contributed by atoms with Crippen LogP contribution in [0.2, 0.25) is 0 Å². The lowest BCUT2D eigenvalue weighted by Gasteiger charge is -2.29. The summed E-state index contributed by atoms with van der Waals surface area (Å²) in [4.78, 5) is 38.4. The molecule has 1 atom stereocenters. The lowest BCUT2D eigenvalue weighted by molar-refractivity contribution is -0.130. The van der Waals surface area contributed by atoms with Crippen molar-refractivity contribution in [3.8, 4) is 0 Å². The van der Waals surface area contributed by atoms with Gasteiger partial charge in [0.05, 0.1) is 12.6 Å². The largest absolute Gasteiger partial charge is 0.444 e. The van der Waals surface area contributed by atoms with E-state index in [2.05, 4.69) is 0 Å². The van der Waals surface area contributed by atoms with Crippen LogP contribution in [0.4, 0.5) is 4.79 Å². The van der Waals surface area contributed by atoms with Gasteiger partial charge in [0.1, 0.15) is 5.60 Å².